The molecule has 98 valence electrons. The number of carbonyl (C=O) groups excluding carboxylic acids is 1. The second-order valence-electron chi connectivity index (χ2n) is 3.61. The van der Waals surface area contributed by atoms with Gasteiger partial charge in [0, 0.05) is 19.0 Å². The quantitative estimate of drug-likeness (QED) is 0.205. The lowest BCUT2D eigenvalue weighted by molar-refractivity contribution is 0.0950. The van der Waals surface area contributed by atoms with Gasteiger partial charge in [-0.25, -0.2) is 4.39 Å². The lowest BCUT2D eigenvalue weighted by atomic mass is 10.2. The highest BCUT2D eigenvalue weighted by Crippen LogP contribution is 2.17. The number of amidine groups is 1. The van der Waals surface area contributed by atoms with Crippen LogP contribution >= 0.6 is 0 Å². The first-order valence-corrected chi connectivity index (χ1v) is 5.27. The van der Waals surface area contributed by atoms with Gasteiger partial charge >= 0.3 is 0 Å². The minimum atomic E-state index is -0.615. The zero-order valence-electron chi connectivity index (χ0n) is 9.56. The van der Waals surface area contributed by atoms with Gasteiger partial charge in [0.2, 0.25) is 0 Å². The number of carbonyl (C=O) groups is 1. The monoisotopic (exact) mass is 255 g/mol. The van der Waals surface area contributed by atoms with Crippen LogP contribution in [-0.2, 0) is 0 Å². The summed E-state index contributed by atoms with van der Waals surface area (Å²) < 4.78 is 12.7. The Bertz CT molecular complexity index is 463. The molecule has 0 aliphatic rings. The summed E-state index contributed by atoms with van der Waals surface area (Å²) in [7, 11) is 0. The molecule has 1 amide bonds. The Labute approximate surface area is 103 Å². The minimum absolute atomic E-state index is 0.000183. The average Bonchev–Trinajstić information content (AvgIpc) is 2.34. The second kappa shape index (κ2) is 6.43. The topological polar surface area (TPSA) is 108 Å². The van der Waals surface area contributed by atoms with Crippen LogP contribution in [0.4, 0.5) is 4.39 Å². The van der Waals surface area contributed by atoms with Crippen LogP contribution in [0.1, 0.15) is 23.2 Å². The van der Waals surface area contributed by atoms with Crippen molar-refractivity contribution in [2.45, 2.75) is 12.8 Å². The van der Waals surface area contributed by atoms with Gasteiger partial charge in [-0.1, -0.05) is 5.16 Å². The number of nitrogens with zero attached hydrogens (tertiary/aromatic N) is 1. The zero-order valence-corrected chi connectivity index (χ0v) is 9.56. The first-order chi connectivity index (χ1) is 8.54. The number of phenols is 1. The number of oxime groups is 1. The summed E-state index contributed by atoms with van der Waals surface area (Å²) in [5.41, 5.74) is 5.25. The van der Waals surface area contributed by atoms with E-state index in [-0.39, 0.29) is 11.4 Å². The molecule has 0 atom stereocenters. The lowest BCUT2D eigenvalue weighted by Crippen LogP contribution is -2.25. The highest BCUT2D eigenvalue weighted by molar-refractivity contribution is 5.96. The summed E-state index contributed by atoms with van der Waals surface area (Å²) in [5, 5.41) is 23.0. The van der Waals surface area contributed by atoms with E-state index in [0.717, 1.165) is 12.1 Å². The number of phenolic OH excluding ortho intramolecular Hbond substituents is 1. The Morgan fingerprint density at radius 2 is 2.22 bits per heavy atom. The molecular formula is C11H14FN3O3. The third-order valence-corrected chi connectivity index (χ3v) is 2.23. The van der Waals surface area contributed by atoms with Crippen LogP contribution in [0.15, 0.2) is 23.4 Å². The number of rotatable bonds is 5. The van der Waals surface area contributed by atoms with Crippen LogP contribution < -0.4 is 11.1 Å². The largest absolute Gasteiger partial charge is 0.507 e. The molecule has 0 aliphatic carbocycles. The van der Waals surface area contributed by atoms with E-state index in [9.17, 15) is 14.3 Å². The molecule has 7 heteroatoms. The Morgan fingerprint density at radius 3 is 2.83 bits per heavy atom. The van der Waals surface area contributed by atoms with E-state index < -0.39 is 17.5 Å². The number of aromatic hydroxyl groups is 1. The zero-order chi connectivity index (χ0) is 13.5. The molecule has 0 aliphatic heterocycles. The summed E-state index contributed by atoms with van der Waals surface area (Å²) in [6, 6.07) is 3.15. The molecule has 0 radical (unpaired) electrons. The van der Waals surface area contributed by atoms with Crippen molar-refractivity contribution in [2.24, 2.45) is 10.9 Å². The van der Waals surface area contributed by atoms with Gasteiger partial charge < -0.3 is 21.4 Å². The van der Waals surface area contributed by atoms with Gasteiger partial charge in [-0.15, -0.1) is 0 Å². The van der Waals surface area contributed by atoms with Crippen molar-refractivity contribution in [3.63, 3.8) is 0 Å². The summed E-state index contributed by atoms with van der Waals surface area (Å²) in [6.07, 6.45) is 0.829. The Kier molecular flexibility index (Phi) is 4.91. The molecule has 0 bridgehead atoms. The van der Waals surface area contributed by atoms with Gasteiger partial charge in [0.1, 0.15) is 17.4 Å². The van der Waals surface area contributed by atoms with E-state index in [1.54, 1.807) is 0 Å². The number of hydrogen-bond acceptors (Lipinski definition) is 4. The van der Waals surface area contributed by atoms with Gasteiger partial charge in [0.05, 0.1) is 5.56 Å². The Morgan fingerprint density at radius 1 is 1.50 bits per heavy atom. The molecule has 18 heavy (non-hydrogen) atoms. The maximum absolute atomic E-state index is 12.7. The summed E-state index contributed by atoms with van der Waals surface area (Å²) >= 11 is 0. The first-order valence-electron chi connectivity index (χ1n) is 5.27. The minimum Gasteiger partial charge on any atom is -0.507 e. The van der Waals surface area contributed by atoms with E-state index in [1.165, 1.54) is 6.07 Å². The van der Waals surface area contributed by atoms with Crippen LogP contribution in [0.2, 0.25) is 0 Å². The maximum atomic E-state index is 12.7. The van der Waals surface area contributed by atoms with Gasteiger partial charge in [-0.05, 0) is 18.6 Å². The fourth-order valence-electron chi connectivity index (χ4n) is 1.31. The molecule has 1 aromatic carbocycles. The van der Waals surface area contributed by atoms with Gasteiger partial charge in [0.15, 0.2) is 0 Å². The van der Waals surface area contributed by atoms with Gasteiger partial charge in [-0.3, -0.25) is 4.79 Å². The number of benzene rings is 1. The molecule has 0 aromatic heterocycles. The number of hydrogen-bond donors (Lipinski definition) is 4. The van der Waals surface area contributed by atoms with Crippen LogP contribution in [0.25, 0.3) is 0 Å². The van der Waals surface area contributed by atoms with E-state index in [1.807, 2.05) is 0 Å². The number of nitrogens with two attached hydrogens (primary N) is 1. The molecule has 0 spiro atoms. The molecule has 0 heterocycles. The van der Waals surface area contributed by atoms with Crippen LogP contribution in [-0.4, -0.2) is 28.6 Å². The fraction of sp³-hybridized carbons (Fsp3) is 0.273. The number of amides is 1. The fourth-order valence-corrected chi connectivity index (χ4v) is 1.31. The van der Waals surface area contributed by atoms with E-state index in [4.69, 9.17) is 10.9 Å². The third-order valence-electron chi connectivity index (χ3n) is 2.23. The van der Waals surface area contributed by atoms with E-state index in [0.29, 0.717) is 19.4 Å². The molecule has 0 unspecified atom stereocenters. The van der Waals surface area contributed by atoms with Crippen molar-refractivity contribution >= 4 is 11.7 Å². The van der Waals surface area contributed by atoms with Crippen molar-refractivity contribution < 1.29 is 19.5 Å². The van der Waals surface area contributed by atoms with Gasteiger partial charge in [0.25, 0.3) is 5.91 Å². The predicted molar refractivity (Wildman–Crippen MR) is 63.0 cm³/mol. The molecule has 1 aromatic rings. The smallest absolute Gasteiger partial charge is 0.255 e. The standard InChI is InChI=1S/C11H14FN3O3/c12-7-3-4-8(9(16)6-7)11(17)14-5-1-2-10(13)15-18/h3-4,6,16,18H,1-2,5H2,(H2,13,15)(H,14,17). The van der Waals surface area contributed by atoms with E-state index in [2.05, 4.69) is 10.5 Å². The highest BCUT2D eigenvalue weighted by atomic mass is 19.1. The predicted octanol–water partition coefficient (Wildman–Crippen LogP) is 0.788. The van der Waals surface area contributed by atoms with Crippen molar-refractivity contribution in [3.05, 3.63) is 29.6 Å². The molecule has 5 N–H and O–H groups in total. The molecule has 0 saturated carbocycles. The molecular weight excluding hydrogens is 241 g/mol. The summed E-state index contributed by atoms with van der Waals surface area (Å²) in [4.78, 5) is 11.6. The molecule has 0 saturated heterocycles. The van der Waals surface area contributed by atoms with Crippen molar-refractivity contribution in [1.29, 1.82) is 0 Å². The average molecular weight is 255 g/mol. The highest BCUT2D eigenvalue weighted by Gasteiger charge is 2.10. The van der Waals surface area contributed by atoms with Crippen LogP contribution in [0.5, 0.6) is 5.75 Å². The number of halogens is 1. The van der Waals surface area contributed by atoms with E-state index >= 15 is 0 Å². The van der Waals surface area contributed by atoms with Crippen molar-refractivity contribution in [3.8, 4) is 5.75 Å². The Hall–Kier alpha value is -2.31. The van der Waals surface area contributed by atoms with Gasteiger partial charge in [-0.2, -0.15) is 0 Å². The maximum Gasteiger partial charge on any atom is 0.255 e. The van der Waals surface area contributed by atoms with Crippen molar-refractivity contribution in [1.82, 2.24) is 5.32 Å². The normalized spacial score (nSPS) is 11.3. The number of nitrogens with one attached hydrogen (secondary N) is 1. The van der Waals surface area contributed by atoms with Crippen LogP contribution in [0, 0.1) is 5.82 Å². The Balaban J connectivity index is 2.46. The van der Waals surface area contributed by atoms with Crippen LogP contribution in [0.3, 0.4) is 0 Å². The molecule has 1 rings (SSSR count). The summed E-state index contributed by atoms with van der Waals surface area (Å²) in [6.45, 7) is 0.297. The summed E-state index contributed by atoms with van der Waals surface area (Å²) in [5.74, 6) is -1.46. The molecule has 6 nitrogen and oxygen atoms in total. The second-order valence-corrected chi connectivity index (χ2v) is 3.61. The first kappa shape index (κ1) is 13.8. The lowest BCUT2D eigenvalue weighted by Gasteiger charge is -2.06. The SMILES string of the molecule is N/C(CCCNC(=O)c1ccc(F)cc1O)=N/O. The molecule has 0 fully saturated rings. The van der Waals surface area contributed by atoms with Crippen molar-refractivity contribution in [2.75, 3.05) is 6.54 Å². The third kappa shape index (κ3) is 3.93.